The molecular formula is C16H21BrN2O. The molecule has 1 aliphatic rings. The first-order valence-electron chi connectivity index (χ1n) is 7.28. The summed E-state index contributed by atoms with van der Waals surface area (Å²) < 4.78 is 0.998. The van der Waals surface area contributed by atoms with Gasteiger partial charge in [-0.05, 0) is 37.3 Å². The normalized spacial score (nSPS) is 21.4. The van der Waals surface area contributed by atoms with E-state index in [9.17, 15) is 5.26 Å². The molecule has 1 saturated heterocycles. The third kappa shape index (κ3) is 3.60. The maximum absolute atomic E-state index is 9.64. The lowest BCUT2D eigenvalue weighted by molar-refractivity contribution is 0.106. The van der Waals surface area contributed by atoms with Gasteiger partial charge in [-0.15, -0.1) is 0 Å². The highest BCUT2D eigenvalue weighted by atomic mass is 79.9. The van der Waals surface area contributed by atoms with Crippen LogP contribution in [0.1, 0.15) is 43.7 Å². The summed E-state index contributed by atoms with van der Waals surface area (Å²) in [5.41, 5.74) is 1.05. The van der Waals surface area contributed by atoms with Crippen molar-refractivity contribution in [2.75, 3.05) is 13.2 Å². The van der Waals surface area contributed by atoms with Gasteiger partial charge in [-0.3, -0.25) is 4.90 Å². The number of nitrogens with zero attached hydrogens (tertiary/aromatic N) is 2. The number of likely N-dealkylation sites (tertiary alicyclic amines) is 1. The van der Waals surface area contributed by atoms with Crippen molar-refractivity contribution in [2.24, 2.45) is 0 Å². The Hall–Kier alpha value is -0.890. The van der Waals surface area contributed by atoms with Crippen LogP contribution in [0.15, 0.2) is 28.7 Å². The van der Waals surface area contributed by atoms with Crippen LogP contribution < -0.4 is 0 Å². The van der Waals surface area contributed by atoms with Gasteiger partial charge in [0.05, 0.1) is 6.07 Å². The van der Waals surface area contributed by atoms with E-state index in [2.05, 4.69) is 26.9 Å². The van der Waals surface area contributed by atoms with E-state index in [0.717, 1.165) is 42.3 Å². The highest BCUT2D eigenvalue weighted by Gasteiger charge is 2.30. The molecule has 0 spiro atoms. The van der Waals surface area contributed by atoms with Gasteiger partial charge < -0.3 is 5.11 Å². The summed E-state index contributed by atoms with van der Waals surface area (Å²) in [6, 6.07) is 10.7. The van der Waals surface area contributed by atoms with Gasteiger partial charge >= 0.3 is 0 Å². The number of hydrogen-bond acceptors (Lipinski definition) is 3. The Morgan fingerprint density at radius 3 is 2.90 bits per heavy atom. The second-order valence-electron chi connectivity index (χ2n) is 5.31. The second kappa shape index (κ2) is 7.78. The standard InChI is InChI=1S/C16H21BrN2O/c17-15-9-2-1-8-14(15)16(12-18)19-10-4-3-6-13(19)7-5-11-20/h1-2,8-9,13,16,20H,3-7,10-11H2. The molecule has 0 bridgehead atoms. The Kier molecular flexibility index (Phi) is 6.03. The lowest BCUT2D eigenvalue weighted by Gasteiger charge is -2.39. The molecule has 1 fully saturated rings. The predicted molar refractivity (Wildman–Crippen MR) is 83.2 cm³/mol. The highest BCUT2D eigenvalue weighted by molar-refractivity contribution is 9.10. The Morgan fingerprint density at radius 1 is 1.40 bits per heavy atom. The SMILES string of the molecule is N#CC(c1ccccc1Br)N1CCCCC1CCCO. The predicted octanol–water partition coefficient (Wildman–Crippen LogP) is 3.64. The van der Waals surface area contributed by atoms with Crippen LogP contribution in [0.25, 0.3) is 0 Å². The van der Waals surface area contributed by atoms with Crippen LogP contribution in [0.2, 0.25) is 0 Å². The molecule has 1 aromatic carbocycles. The Morgan fingerprint density at radius 2 is 2.20 bits per heavy atom. The number of piperidine rings is 1. The second-order valence-corrected chi connectivity index (χ2v) is 6.16. The van der Waals surface area contributed by atoms with E-state index in [1.165, 1.54) is 6.42 Å². The number of aliphatic hydroxyl groups is 1. The largest absolute Gasteiger partial charge is 0.396 e. The molecule has 0 radical (unpaired) electrons. The molecule has 2 atom stereocenters. The summed E-state index contributed by atoms with van der Waals surface area (Å²) in [6.45, 7) is 1.20. The summed E-state index contributed by atoms with van der Waals surface area (Å²) in [6.07, 6.45) is 5.29. The van der Waals surface area contributed by atoms with E-state index in [1.807, 2.05) is 24.3 Å². The maximum Gasteiger partial charge on any atom is 0.125 e. The van der Waals surface area contributed by atoms with Crippen molar-refractivity contribution >= 4 is 15.9 Å². The zero-order valence-electron chi connectivity index (χ0n) is 11.6. The molecule has 1 aromatic rings. The Bertz CT molecular complexity index is 472. The molecule has 0 saturated carbocycles. The number of aliphatic hydroxyl groups excluding tert-OH is 1. The lowest BCUT2D eigenvalue weighted by Crippen LogP contribution is -2.41. The minimum atomic E-state index is -0.199. The first-order chi connectivity index (χ1) is 9.77. The first kappa shape index (κ1) is 15.5. The van der Waals surface area contributed by atoms with Crippen molar-refractivity contribution in [3.8, 4) is 6.07 Å². The molecule has 20 heavy (non-hydrogen) atoms. The molecule has 108 valence electrons. The van der Waals surface area contributed by atoms with Gasteiger partial charge in [0.25, 0.3) is 0 Å². The summed E-state index contributed by atoms with van der Waals surface area (Å²) >= 11 is 3.56. The van der Waals surface area contributed by atoms with Crippen molar-refractivity contribution in [3.05, 3.63) is 34.3 Å². The number of benzene rings is 1. The van der Waals surface area contributed by atoms with Crippen LogP contribution in [0.3, 0.4) is 0 Å². The first-order valence-corrected chi connectivity index (χ1v) is 8.08. The smallest absolute Gasteiger partial charge is 0.125 e. The van der Waals surface area contributed by atoms with Crippen molar-refractivity contribution in [2.45, 2.75) is 44.2 Å². The molecular weight excluding hydrogens is 316 g/mol. The number of nitriles is 1. The van der Waals surface area contributed by atoms with E-state index in [4.69, 9.17) is 5.11 Å². The van der Waals surface area contributed by atoms with E-state index in [1.54, 1.807) is 0 Å². The molecule has 2 rings (SSSR count). The van der Waals surface area contributed by atoms with Crippen molar-refractivity contribution in [1.82, 2.24) is 4.90 Å². The quantitative estimate of drug-likeness (QED) is 0.892. The average molecular weight is 337 g/mol. The minimum Gasteiger partial charge on any atom is -0.396 e. The van der Waals surface area contributed by atoms with Gasteiger partial charge in [-0.2, -0.15) is 5.26 Å². The van der Waals surface area contributed by atoms with Crippen LogP contribution in [0.4, 0.5) is 0 Å². The molecule has 1 aliphatic heterocycles. The summed E-state index contributed by atoms with van der Waals surface area (Å²) in [7, 11) is 0. The average Bonchev–Trinajstić information content (AvgIpc) is 2.49. The zero-order chi connectivity index (χ0) is 14.4. The van der Waals surface area contributed by atoms with Gasteiger partial charge in [0.15, 0.2) is 0 Å². The molecule has 1 heterocycles. The molecule has 0 aromatic heterocycles. The fourth-order valence-electron chi connectivity index (χ4n) is 3.02. The zero-order valence-corrected chi connectivity index (χ0v) is 13.2. The lowest BCUT2D eigenvalue weighted by atomic mass is 9.94. The van der Waals surface area contributed by atoms with Gasteiger partial charge in [0, 0.05) is 23.7 Å². The maximum atomic E-state index is 9.64. The van der Waals surface area contributed by atoms with Gasteiger partial charge in [-0.1, -0.05) is 40.5 Å². The Balaban J connectivity index is 2.20. The molecule has 0 amide bonds. The van der Waals surface area contributed by atoms with E-state index < -0.39 is 0 Å². The Labute approximate surface area is 129 Å². The van der Waals surface area contributed by atoms with Crippen molar-refractivity contribution in [1.29, 1.82) is 5.26 Å². The fourth-order valence-corrected chi connectivity index (χ4v) is 3.52. The van der Waals surface area contributed by atoms with Crippen molar-refractivity contribution < 1.29 is 5.11 Å². The summed E-state index contributed by atoms with van der Waals surface area (Å²) in [5, 5.41) is 18.7. The van der Waals surface area contributed by atoms with Gasteiger partial charge in [0.1, 0.15) is 6.04 Å². The van der Waals surface area contributed by atoms with E-state index >= 15 is 0 Å². The van der Waals surface area contributed by atoms with Crippen LogP contribution >= 0.6 is 15.9 Å². The van der Waals surface area contributed by atoms with E-state index in [-0.39, 0.29) is 12.6 Å². The number of halogens is 1. The van der Waals surface area contributed by atoms with Crippen LogP contribution in [0.5, 0.6) is 0 Å². The van der Waals surface area contributed by atoms with Gasteiger partial charge in [0.2, 0.25) is 0 Å². The minimum absolute atomic E-state index is 0.199. The summed E-state index contributed by atoms with van der Waals surface area (Å²) in [5.74, 6) is 0. The van der Waals surface area contributed by atoms with Crippen LogP contribution in [0, 0.1) is 11.3 Å². The molecule has 2 unspecified atom stereocenters. The van der Waals surface area contributed by atoms with Crippen LogP contribution in [-0.2, 0) is 0 Å². The van der Waals surface area contributed by atoms with E-state index in [0.29, 0.717) is 6.04 Å². The number of hydrogen-bond donors (Lipinski definition) is 1. The molecule has 3 nitrogen and oxygen atoms in total. The molecule has 4 heteroatoms. The third-order valence-electron chi connectivity index (χ3n) is 4.02. The van der Waals surface area contributed by atoms with Crippen LogP contribution in [-0.4, -0.2) is 29.2 Å². The molecule has 1 N–H and O–H groups in total. The third-order valence-corrected chi connectivity index (χ3v) is 4.74. The monoisotopic (exact) mass is 336 g/mol. The topological polar surface area (TPSA) is 47.3 Å². The molecule has 0 aliphatic carbocycles. The van der Waals surface area contributed by atoms with Crippen molar-refractivity contribution in [3.63, 3.8) is 0 Å². The fraction of sp³-hybridized carbons (Fsp3) is 0.562. The summed E-state index contributed by atoms with van der Waals surface area (Å²) in [4.78, 5) is 2.32. The van der Waals surface area contributed by atoms with Gasteiger partial charge in [-0.25, -0.2) is 0 Å². The number of rotatable bonds is 5. The highest BCUT2D eigenvalue weighted by Crippen LogP contribution is 2.33.